The first-order valence-corrected chi connectivity index (χ1v) is 11.5. The van der Waals surface area contributed by atoms with Gasteiger partial charge in [-0.2, -0.15) is 0 Å². The van der Waals surface area contributed by atoms with E-state index < -0.39 is 31.8 Å². The van der Waals surface area contributed by atoms with Gasteiger partial charge in [-0.15, -0.1) is 0 Å². The van der Waals surface area contributed by atoms with Crippen LogP contribution >= 0.6 is 0 Å². The number of hydrogen-bond acceptors (Lipinski definition) is 5. The number of hydrogen-bond donors (Lipinski definition) is 2. The summed E-state index contributed by atoms with van der Waals surface area (Å²) in [7, 11) is -6.78. The zero-order valence-corrected chi connectivity index (χ0v) is 16.0. The van der Waals surface area contributed by atoms with Crippen LogP contribution in [0, 0.1) is 5.92 Å². The Bertz CT molecular complexity index is 832. The second-order valence-electron chi connectivity index (χ2n) is 6.68. The Morgan fingerprint density at radius 2 is 2.04 bits per heavy atom. The van der Waals surface area contributed by atoms with Crippen LogP contribution in [0.25, 0.3) is 0 Å². The standard InChI is InChI=1S/C16H24N2O5S2/c1-12(2)6-8-17-25(22,23)15-5-3-4-13(10-15)16(19)18-14-7-9-24(20,21)11-14/h3-5,10,12,14,17H,6-9,11H2,1-2H3,(H,18,19). The largest absolute Gasteiger partial charge is 0.348 e. The van der Waals surface area contributed by atoms with Gasteiger partial charge in [-0.1, -0.05) is 19.9 Å². The SMILES string of the molecule is CC(C)CCNS(=O)(=O)c1cccc(C(=O)NC2CCS(=O)(=O)C2)c1. The molecule has 1 aromatic carbocycles. The van der Waals surface area contributed by atoms with E-state index in [4.69, 9.17) is 0 Å². The number of sulfone groups is 1. The maximum absolute atomic E-state index is 12.3. The summed E-state index contributed by atoms with van der Waals surface area (Å²) in [5.41, 5.74) is 0.191. The first-order chi connectivity index (χ1) is 11.6. The summed E-state index contributed by atoms with van der Waals surface area (Å²) in [6.07, 6.45) is 1.10. The molecule has 25 heavy (non-hydrogen) atoms. The third kappa shape index (κ3) is 5.79. The van der Waals surface area contributed by atoms with E-state index in [-0.39, 0.29) is 22.0 Å². The number of amides is 1. The molecule has 0 spiro atoms. The van der Waals surface area contributed by atoms with Crippen LogP contribution in [0.2, 0.25) is 0 Å². The van der Waals surface area contributed by atoms with E-state index in [9.17, 15) is 21.6 Å². The highest BCUT2D eigenvalue weighted by Gasteiger charge is 2.29. The molecule has 1 saturated heterocycles. The van der Waals surface area contributed by atoms with Crippen LogP contribution in [0.1, 0.15) is 37.0 Å². The highest BCUT2D eigenvalue weighted by atomic mass is 32.2. The maximum Gasteiger partial charge on any atom is 0.251 e. The van der Waals surface area contributed by atoms with Crippen LogP contribution in [0.15, 0.2) is 29.2 Å². The smallest absolute Gasteiger partial charge is 0.251 e. The minimum Gasteiger partial charge on any atom is -0.348 e. The Hall–Kier alpha value is -1.45. The highest BCUT2D eigenvalue weighted by molar-refractivity contribution is 7.91. The number of sulfonamides is 1. The number of rotatable bonds is 7. The van der Waals surface area contributed by atoms with Crippen LogP contribution in [-0.4, -0.2) is 46.8 Å². The van der Waals surface area contributed by atoms with Gasteiger partial charge in [0.05, 0.1) is 16.4 Å². The van der Waals surface area contributed by atoms with Crippen molar-refractivity contribution in [2.24, 2.45) is 5.92 Å². The van der Waals surface area contributed by atoms with E-state index in [1.165, 1.54) is 24.3 Å². The van der Waals surface area contributed by atoms with Crippen molar-refractivity contribution in [1.29, 1.82) is 0 Å². The van der Waals surface area contributed by atoms with Crippen molar-refractivity contribution in [3.05, 3.63) is 29.8 Å². The molecule has 1 amide bonds. The van der Waals surface area contributed by atoms with Gasteiger partial charge in [-0.3, -0.25) is 4.79 Å². The molecular weight excluding hydrogens is 364 g/mol. The fraction of sp³-hybridized carbons (Fsp3) is 0.562. The predicted octanol–water partition coefficient (Wildman–Crippen LogP) is 0.928. The van der Waals surface area contributed by atoms with Crippen molar-refractivity contribution in [2.75, 3.05) is 18.1 Å². The lowest BCUT2D eigenvalue weighted by atomic mass is 10.1. The Morgan fingerprint density at radius 3 is 2.64 bits per heavy atom. The van der Waals surface area contributed by atoms with Gasteiger partial charge in [0.2, 0.25) is 10.0 Å². The summed E-state index contributed by atoms with van der Waals surface area (Å²) < 4.78 is 50.0. The Labute approximate surface area is 149 Å². The van der Waals surface area contributed by atoms with E-state index in [1.807, 2.05) is 13.8 Å². The molecule has 7 nitrogen and oxygen atoms in total. The first-order valence-electron chi connectivity index (χ1n) is 8.20. The average Bonchev–Trinajstić information content (AvgIpc) is 2.85. The topological polar surface area (TPSA) is 109 Å². The minimum absolute atomic E-state index is 0.0166. The number of carbonyl (C=O) groups excluding carboxylic acids is 1. The Balaban J connectivity index is 2.06. The summed E-state index contributed by atoms with van der Waals surface area (Å²) in [4.78, 5) is 12.3. The summed E-state index contributed by atoms with van der Waals surface area (Å²) in [5.74, 6) is -0.108. The van der Waals surface area contributed by atoms with Gasteiger partial charge in [0, 0.05) is 18.2 Å². The van der Waals surface area contributed by atoms with E-state index in [2.05, 4.69) is 10.0 Å². The molecular formula is C16H24N2O5S2. The number of nitrogens with one attached hydrogen (secondary N) is 2. The third-order valence-corrected chi connectivity index (χ3v) is 7.21. The minimum atomic E-state index is -3.68. The highest BCUT2D eigenvalue weighted by Crippen LogP contribution is 2.15. The van der Waals surface area contributed by atoms with Gasteiger partial charge in [-0.05, 0) is 37.0 Å². The molecule has 2 rings (SSSR count). The van der Waals surface area contributed by atoms with Crippen molar-refractivity contribution in [1.82, 2.24) is 10.0 Å². The van der Waals surface area contributed by atoms with Crippen molar-refractivity contribution in [2.45, 2.75) is 37.6 Å². The van der Waals surface area contributed by atoms with Gasteiger partial charge in [0.15, 0.2) is 9.84 Å². The molecule has 1 unspecified atom stereocenters. The van der Waals surface area contributed by atoms with Crippen molar-refractivity contribution in [3.8, 4) is 0 Å². The fourth-order valence-corrected chi connectivity index (χ4v) is 5.31. The molecule has 0 saturated carbocycles. The second-order valence-corrected chi connectivity index (χ2v) is 10.7. The molecule has 2 N–H and O–H groups in total. The number of carbonyl (C=O) groups is 1. The van der Waals surface area contributed by atoms with E-state index >= 15 is 0 Å². The van der Waals surface area contributed by atoms with Gasteiger partial charge in [-0.25, -0.2) is 21.6 Å². The number of benzene rings is 1. The summed E-state index contributed by atoms with van der Waals surface area (Å²) in [6.45, 7) is 4.33. The zero-order valence-electron chi connectivity index (χ0n) is 14.4. The molecule has 0 aliphatic carbocycles. The van der Waals surface area contributed by atoms with Crippen LogP contribution in [0.5, 0.6) is 0 Å². The molecule has 1 heterocycles. The molecule has 1 aliphatic rings. The fourth-order valence-electron chi connectivity index (χ4n) is 2.55. The maximum atomic E-state index is 12.3. The molecule has 0 aromatic heterocycles. The quantitative estimate of drug-likeness (QED) is 0.722. The molecule has 1 aliphatic heterocycles. The van der Waals surface area contributed by atoms with Gasteiger partial charge >= 0.3 is 0 Å². The van der Waals surface area contributed by atoms with Gasteiger partial charge in [0.25, 0.3) is 5.91 Å². The van der Waals surface area contributed by atoms with Crippen LogP contribution < -0.4 is 10.0 Å². The molecule has 1 fully saturated rings. The summed E-state index contributed by atoms with van der Waals surface area (Å²) in [5, 5.41) is 2.65. The molecule has 1 atom stereocenters. The average molecular weight is 389 g/mol. The van der Waals surface area contributed by atoms with E-state index in [0.29, 0.717) is 18.9 Å². The predicted molar refractivity (Wildman–Crippen MR) is 95.6 cm³/mol. The van der Waals surface area contributed by atoms with Crippen LogP contribution in [0.3, 0.4) is 0 Å². The molecule has 140 valence electrons. The van der Waals surface area contributed by atoms with Gasteiger partial charge in [0.1, 0.15) is 0 Å². The van der Waals surface area contributed by atoms with Crippen molar-refractivity contribution < 1.29 is 21.6 Å². The van der Waals surface area contributed by atoms with Gasteiger partial charge < -0.3 is 5.32 Å². The van der Waals surface area contributed by atoms with Crippen molar-refractivity contribution >= 4 is 25.8 Å². The molecule has 0 radical (unpaired) electrons. The zero-order chi connectivity index (χ0) is 18.7. The lowest BCUT2D eigenvalue weighted by Gasteiger charge is -2.12. The third-order valence-electron chi connectivity index (χ3n) is 3.99. The van der Waals surface area contributed by atoms with E-state index in [1.54, 1.807) is 0 Å². The van der Waals surface area contributed by atoms with Crippen LogP contribution in [0.4, 0.5) is 0 Å². The molecule has 9 heteroatoms. The normalized spacial score (nSPS) is 19.9. The summed E-state index contributed by atoms with van der Waals surface area (Å²) in [6, 6.07) is 5.30. The second kappa shape index (κ2) is 7.84. The molecule has 1 aromatic rings. The lowest BCUT2D eigenvalue weighted by Crippen LogP contribution is -2.35. The van der Waals surface area contributed by atoms with E-state index in [0.717, 1.165) is 6.42 Å². The Kier molecular flexibility index (Phi) is 6.23. The Morgan fingerprint density at radius 1 is 1.32 bits per heavy atom. The monoisotopic (exact) mass is 388 g/mol. The van der Waals surface area contributed by atoms with Crippen molar-refractivity contribution in [3.63, 3.8) is 0 Å². The molecule has 0 bridgehead atoms. The first kappa shape index (κ1) is 19.9. The van der Waals surface area contributed by atoms with Crippen LogP contribution in [-0.2, 0) is 19.9 Å². The lowest BCUT2D eigenvalue weighted by molar-refractivity contribution is 0.0941. The summed E-state index contributed by atoms with van der Waals surface area (Å²) >= 11 is 0.